The minimum absolute atomic E-state index is 0.0412. The van der Waals surface area contributed by atoms with Gasteiger partial charge in [-0.2, -0.15) is 0 Å². The largest absolute Gasteiger partial charge is 0.469 e. The zero-order chi connectivity index (χ0) is 11.3. The van der Waals surface area contributed by atoms with Crippen molar-refractivity contribution in [3.05, 3.63) is 0 Å². The Morgan fingerprint density at radius 2 is 2.13 bits per heavy atom. The first-order valence-corrected chi connectivity index (χ1v) is 5.99. The van der Waals surface area contributed by atoms with E-state index in [0.717, 1.165) is 19.6 Å². The molecule has 1 aliphatic rings. The standard InChI is InChI=1S/C12H23NO2/c1-4-5-6-7-13-8-10(2)11(9-13)12(14)15-3/h10-11H,4-9H2,1-3H3. The molecule has 1 fully saturated rings. The summed E-state index contributed by atoms with van der Waals surface area (Å²) in [4.78, 5) is 13.8. The maximum atomic E-state index is 11.5. The first kappa shape index (κ1) is 12.5. The molecule has 0 bridgehead atoms. The number of rotatable bonds is 5. The summed E-state index contributed by atoms with van der Waals surface area (Å²) in [6.07, 6.45) is 3.79. The van der Waals surface area contributed by atoms with Crippen molar-refractivity contribution < 1.29 is 9.53 Å². The zero-order valence-electron chi connectivity index (χ0n) is 10.2. The summed E-state index contributed by atoms with van der Waals surface area (Å²) in [5.74, 6) is 0.496. The van der Waals surface area contributed by atoms with Crippen molar-refractivity contribution in [3.63, 3.8) is 0 Å². The quantitative estimate of drug-likeness (QED) is 0.516. The molecule has 0 aliphatic carbocycles. The molecular formula is C12H23NO2. The molecule has 2 unspecified atom stereocenters. The molecular weight excluding hydrogens is 190 g/mol. The molecule has 3 heteroatoms. The lowest BCUT2D eigenvalue weighted by Crippen LogP contribution is -2.25. The van der Waals surface area contributed by atoms with Crippen molar-refractivity contribution in [2.24, 2.45) is 11.8 Å². The molecule has 15 heavy (non-hydrogen) atoms. The monoisotopic (exact) mass is 213 g/mol. The van der Waals surface area contributed by atoms with Gasteiger partial charge in [-0.15, -0.1) is 0 Å². The Balaban J connectivity index is 2.31. The number of likely N-dealkylation sites (tertiary alicyclic amines) is 1. The van der Waals surface area contributed by atoms with Gasteiger partial charge in [-0.05, 0) is 18.9 Å². The topological polar surface area (TPSA) is 29.5 Å². The van der Waals surface area contributed by atoms with Crippen molar-refractivity contribution in [2.75, 3.05) is 26.7 Å². The second-order valence-corrected chi connectivity index (χ2v) is 4.57. The molecule has 0 aromatic heterocycles. The van der Waals surface area contributed by atoms with Gasteiger partial charge in [-0.1, -0.05) is 26.7 Å². The minimum atomic E-state index is -0.0412. The zero-order valence-corrected chi connectivity index (χ0v) is 10.2. The van der Waals surface area contributed by atoms with Crippen molar-refractivity contribution in [3.8, 4) is 0 Å². The van der Waals surface area contributed by atoms with Gasteiger partial charge in [-0.25, -0.2) is 0 Å². The van der Waals surface area contributed by atoms with E-state index in [9.17, 15) is 4.79 Å². The highest BCUT2D eigenvalue weighted by atomic mass is 16.5. The van der Waals surface area contributed by atoms with Gasteiger partial charge in [0.15, 0.2) is 0 Å². The molecule has 3 nitrogen and oxygen atoms in total. The van der Waals surface area contributed by atoms with Crippen LogP contribution >= 0.6 is 0 Å². The number of nitrogens with zero attached hydrogens (tertiary/aromatic N) is 1. The van der Waals surface area contributed by atoms with Crippen LogP contribution in [-0.2, 0) is 9.53 Å². The Hall–Kier alpha value is -0.570. The van der Waals surface area contributed by atoms with Crippen LogP contribution in [0, 0.1) is 11.8 Å². The lowest BCUT2D eigenvalue weighted by Gasteiger charge is -2.14. The molecule has 0 N–H and O–H groups in total. The van der Waals surface area contributed by atoms with Crippen LogP contribution < -0.4 is 0 Å². The highest BCUT2D eigenvalue weighted by Gasteiger charge is 2.34. The number of esters is 1. The van der Waals surface area contributed by atoms with Crippen LogP contribution in [0.25, 0.3) is 0 Å². The number of ether oxygens (including phenoxy) is 1. The lowest BCUT2D eigenvalue weighted by atomic mass is 9.99. The third kappa shape index (κ3) is 3.49. The van der Waals surface area contributed by atoms with E-state index in [2.05, 4.69) is 18.7 Å². The first-order valence-electron chi connectivity index (χ1n) is 5.99. The summed E-state index contributed by atoms with van der Waals surface area (Å²) >= 11 is 0. The number of carbonyl (C=O) groups excluding carboxylic acids is 1. The van der Waals surface area contributed by atoms with E-state index in [1.165, 1.54) is 26.4 Å². The third-order valence-electron chi connectivity index (χ3n) is 3.27. The first-order chi connectivity index (χ1) is 7.19. The van der Waals surface area contributed by atoms with Crippen molar-refractivity contribution in [2.45, 2.75) is 33.1 Å². The van der Waals surface area contributed by atoms with Gasteiger partial charge in [0.05, 0.1) is 13.0 Å². The molecule has 0 aromatic carbocycles. The average Bonchev–Trinajstić information content (AvgIpc) is 2.59. The van der Waals surface area contributed by atoms with Crippen LogP contribution in [0.1, 0.15) is 33.1 Å². The van der Waals surface area contributed by atoms with Crippen LogP contribution in [0.2, 0.25) is 0 Å². The second kappa shape index (κ2) is 6.11. The van der Waals surface area contributed by atoms with E-state index >= 15 is 0 Å². The summed E-state index contributed by atoms with van der Waals surface area (Å²) in [5.41, 5.74) is 0. The van der Waals surface area contributed by atoms with Crippen LogP contribution in [0.4, 0.5) is 0 Å². The third-order valence-corrected chi connectivity index (χ3v) is 3.27. The summed E-state index contributed by atoms with van der Waals surface area (Å²) < 4.78 is 4.81. The number of hydrogen-bond donors (Lipinski definition) is 0. The normalized spacial score (nSPS) is 26.9. The van der Waals surface area contributed by atoms with Crippen molar-refractivity contribution in [1.82, 2.24) is 4.90 Å². The summed E-state index contributed by atoms with van der Waals surface area (Å²) in [6, 6.07) is 0. The van der Waals surface area contributed by atoms with E-state index < -0.39 is 0 Å². The number of hydrogen-bond acceptors (Lipinski definition) is 3. The molecule has 1 rings (SSSR count). The van der Waals surface area contributed by atoms with E-state index in [0.29, 0.717) is 5.92 Å². The molecule has 88 valence electrons. The Labute approximate surface area is 92.8 Å². The van der Waals surface area contributed by atoms with Gasteiger partial charge < -0.3 is 9.64 Å². The van der Waals surface area contributed by atoms with Crippen molar-refractivity contribution >= 4 is 5.97 Å². The Morgan fingerprint density at radius 3 is 2.73 bits per heavy atom. The Kier molecular flexibility index (Phi) is 5.09. The number of unbranched alkanes of at least 4 members (excludes halogenated alkanes) is 2. The smallest absolute Gasteiger partial charge is 0.310 e. The van der Waals surface area contributed by atoms with Gasteiger partial charge in [-0.3, -0.25) is 4.79 Å². The fourth-order valence-electron chi connectivity index (χ4n) is 2.29. The van der Waals surface area contributed by atoms with Gasteiger partial charge in [0, 0.05) is 13.1 Å². The van der Waals surface area contributed by atoms with Crippen molar-refractivity contribution in [1.29, 1.82) is 0 Å². The summed E-state index contributed by atoms with van der Waals surface area (Å²) in [5, 5.41) is 0. The predicted molar refractivity (Wildman–Crippen MR) is 60.6 cm³/mol. The maximum absolute atomic E-state index is 11.5. The predicted octanol–water partition coefficient (Wildman–Crippen LogP) is 1.92. The van der Waals surface area contributed by atoms with Crippen LogP contribution in [0.15, 0.2) is 0 Å². The Bertz CT molecular complexity index is 206. The second-order valence-electron chi connectivity index (χ2n) is 4.57. The molecule has 0 spiro atoms. The molecule has 1 saturated heterocycles. The molecule has 1 heterocycles. The molecule has 1 aliphatic heterocycles. The molecule has 0 amide bonds. The SMILES string of the molecule is CCCCCN1CC(C)C(C(=O)OC)C1. The number of carbonyl (C=O) groups is 1. The van der Waals surface area contributed by atoms with Gasteiger partial charge in [0.1, 0.15) is 0 Å². The van der Waals surface area contributed by atoms with E-state index in [4.69, 9.17) is 4.74 Å². The van der Waals surface area contributed by atoms with Crippen LogP contribution in [-0.4, -0.2) is 37.6 Å². The number of methoxy groups -OCH3 is 1. The fraction of sp³-hybridized carbons (Fsp3) is 0.917. The molecule has 0 saturated carbocycles. The van der Waals surface area contributed by atoms with Crippen LogP contribution in [0.5, 0.6) is 0 Å². The molecule has 0 aromatic rings. The average molecular weight is 213 g/mol. The maximum Gasteiger partial charge on any atom is 0.310 e. The Morgan fingerprint density at radius 1 is 1.40 bits per heavy atom. The fourth-order valence-corrected chi connectivity index (χ4v) is 2.29. The highest BCUT2D eigenvalue weighted by molar-refractivity contribution is 5.73. The lowest BCUT2D eigenvalue weighted by molar-refractivity contribution is -0.146. The van der Waals surface area contributed by atoms with E-state index in [1.54, 1.807) is 0 Å². The summed E-state index contributed by atoms with van der Waals surface area (Å²) in [7, 11) is 1.48. The van der Waals surface area contributed by atoms with Crippen LogP contribution in [0.3, 0.4) is 0 Å². The van der Waals surface area contributed by atoms with E-state index in [-0.39, 0.29) is 11.9 Å². The summed E-state index contributed by atoms with van der Waals surface area (Å²) in [6.45, 7) is 7.41. The van der Waals surface area contributed by atoms with Gasteiger partial charge >= 0.3 is 5.97 Å². The van der Waals surface area contributed by atoms with Gasteiger partial charge in [0.25, 0.3) is 0 Å². The minimum Gasteiger partial charge on any atom is -0.469 e. The van der Waals surface area contributed by atoms with E-state index in [1.807, 2.05) is 0 Å². The van der Waals surface area contributed by atoms with Gasteiger partial charge in [0.2, 0.25) is 0 Å². The molecule has 2 atom stereocenters. The highest BCUT2D eigenvalue weighted by Crippen LogP contribution is 2.24. The molecule has 0 radical (unpaired) electrons.